The van der Waals surface area contributed by atoms with E-state index in [9.17, 15) is 14.4 Å². The first kappa shape index (κ1) is 32.1. The summed E-state index contributed by atoms with van der Waals surface area (Å²) >= 11 is 1.68. The molecule has 1 N–H and O–H groups in total. The second-order valence-corrected chi connectivity index (χ2v) is 17.3. The van der Waals surface area contributed by atoms with E-state index in [4.69, 9.17) is 4.74 Å². The topological polar surface area (TPSA) is 72.5 Å². The Hall–Kier alpha value is -1.30. The Morgan fingerprint density at radius 3 is 2.33 bits per heavy atom. The largest absolute Gasteiger partial charge is 0.467 e. The minimum Gasteiger partial charge on any atom is -0.467 e. The van der Waals surface area contributed by atoms with Crippen LogP contribution in [0.15, 0.2) is 12.2 Å². The molecule has 3 unspecified atom stereocenters. The zero-order valence-corrected chi connectivity index (χ0v) is 28.5. The van der Waals surface area contributed by atoms with Crippen LogP contribution in [0.4, 0.5) is 0 Å². The second kappa shape index (κ2) is 10.9. The molecule has 5 aliphatic carbocycles. The van der Waals surface area contributed by atoms with Gasteiger partial charge in [0, 0.05) is 11.8 Å². The highest BCUT2D eigenvalue weighted by molar-refractivity contribution is 7.98. The Morgan fingerprint density at radius 2 is 1.69 bits per heavy atom. The van der Waals surface area contributed by atoms with Gasteiger partial charge < -0.3 is 10.1 Å². The van der Waals surface area contributed by atoms with Crippen LogP contribution in [0.3, 0.4) is 0 Å². The smallest absolute Gasteiger partial charge is 0.328 e. The molecule has 0 saturated heterocycles. The number of fused-ring (bicyclic) bond motifs is 7. The number of amides is 1. The van der Waals surface area contributed by atoms with Gasteiger partial charge in [-0.05, 0) is 129 Å². The second-order valence-electron chi connectivity index (χ2n) is 16.3. The van der Waals surface area contributed by atoms with E-state index >= 15 is 0 Å². The molecular weight excluding hydrogens is 542 g/mol. The summed E-state index contributed by atoms with van der Waals surface area (Å²) in [6.07, 6.45) is 12.8. The summed E-state index contributed by atoms with van der Waals surface area (Å²) in [5.41, 5.74) is 0.996. The van der Waals surface area contributed by atoms with E-state index in [0.29, 0.717) is 42.3 Å². The van der Waals surface area contributed by atoms with E-state index in [1.54, 1.807) is 11.8 Å². The third-order valence-corrected chi connectivity index (χ3v) is 15.3. The number of carbonyl (C=O) groups is 3. The first-order valence-corrected chi connectivity index (χ1v) is 18.1. The van der Waals surface area contributed by atoms with Crippen molar-refractivity contribution in [3.05, 3.63) is 12.2 Å². The van der Waals surface area contributed by atoms with Gasteiger partial charge in [0.05, 0.1) is 12.5 Å². The van der Waals surface area contributed by atoms with Gasteiger partial charge in [-0.15, -0.1) is 0 Å². The molecule has 5 nitrogen and oxygen atoms in total. The number of esters is 1. The minimum absolute atomic E-state index is 0.0743. The van der Waals surface area contributed by atoms with Crippen LogP contribution in [0.5, 0.6) is 0 Å². The third-order valence-electron chi connectivity index (χ3n) is 14.7. The lowest BCUT2D eigenvalue weighted by Crippen LogP contribution is -2.67. The molecule has 0 heterocycles. The SMILES string of the molecule is C=C(C)[C@@H]1CC[C@]2(C(=O)N[C@@H](CCSC)C(=O)OC)CC[C@@]3(C)C(CC[C@@H]4[C@@]5(C)CCC(=O)C(C)(C)C5CC[C@]43C)C12. The molecule has 6 heteroatoms. The fourth-order valence-electron chi connectivity index (χ4n) is 12.3. The number of ether oxygens (including phenoxy) is 1. The van der Waals surface area contributed by atoms with Crippen LogP contribution in [0.25, 0.3) is 0 Å². The monoisotopic (exact) mass is 599 g/mol. The number of allylic oxidation sites excluding steroid dienone is 1. The van der Waals surface area contributed by atoms with Crippen molar-refractivity contribution in [3.8, 4) is 0 Å². The highest BCUT2D eigenvalue weighted by Crippen LogP contribution is 2.77. The summed E-state index contributed by atoms with van der Waals surface area (Å²) in [5.74, 6) is 3.07. The molecule has 0 aromatic rings. The van der Waals surface area contributed by atoms with Crippen molar-refractivity contribution in [2.75, 3.05) is 19.1 Å². The molecule has 5 saturated carbocycles. The highest BCUT2D eigenvalue weighted by Gasteiger charge is 2.72. The van der Waals surface area contributed by atoms with Crippen molar-refractivity contribution in [1.82, 2.24) is 5.32 Å². The van der Waals surface area contributed by atoms with Crippen LogP contribution in [0.1, 0.15) is 112 Å². The van der Waals surface area contributed by atoms with Gasteiger partial charge in [-0.25, -0.2) is 4.79 Å². The standard InChI is InChI=1S/C36H57NO4S/c1-22(2)23-12-18-36(31(40)37-25(15-21-42-9)30(39)41-8)20-19-34(6)24(29(23)36)10-11-27-33(5)16-14-28(38)32(3,4)26(33)13-17-35(27,34)7/h23-27,29H,1,10-21H2,2-9H3,(H,37,40)/t23-,24?,25-,26?,27+,29?,33-,34-,35+,36-/m0/s1. The maximum absolute atomic E-state index is 14.5. The maximum Gasteiger partial charge on any atom is 0.328 e. The molecule has 5 rings (SSSR count). The van der Waals surface area contributed by atoms with Crippen molar-refractivity contribution in [2.45, 2.75) is 118 Å². The number of ketones is 1. The Balaban J connectivity index is 1.50. The summed E-state index contributed by atoms with van der Waals surface area (Å²) in [6.45, 7) is 18.8. The predicted octanol–water partition coefficient (Wildman–Crippen LogP) is 7.62. The summed E-state index contributed by atoms with van der Waals surface area (Å²) in [5, 5.41) is 3.24. The number of thioether (sulfide) groups is 1. The van der Waals surface area contributed by atoms with E-state index in [0.717, 1.165) is 50.7 Å². The Kier molecular flexibility index (Phi) is 8.37. The summed E-state index contributed by atoms with van der Waals surface area (Å²) in [6, 6.07) is -0.594. The molecule has 0 bridgehead atoms. The maximum atomic E-state index is 14.5. The summed E-state index contributed by atoms with van der Waals surface area (Å²) in [7, 11) is 1.41. The average Bonchev–Trinajstić information content (AvgIpc) is 3.34. The average molecular weight is 600 g/mol. The van der Waals surface area contributed by atoms with E-state index in [1.165, 1.54) is 25.5 Å². The molecular formula is C36H57NO4S. The highest BCUT2D eigenvalue weighted by atomic mass is 32.2. The molecule has 10 atom stereocenters. The van der Waals surface area contributed by atoms with Gasteiger partial charge in [0.25, 0.3) is 0 Å². The van der Waals surface area contributed by atoms with Crippen molar-refractivity contribution in [1.29, 1.82) is 0 Å². The Morgan fingerprint density at radius 1 is 0.976 bits per heavy atom. The van der Waals surface area contributed by atoms with Crippen molar-refractivity contribution >= 4 is 29.4 Å². The van der Waals surface area contributed by atoms with Crippen molar-refractivity contribution < 1.29 is 19.1 Å². The van der Waals surface area contributed by atoms with Crippen LogP contribution < -0.4 is 5.32 Å². The molecule has 5 aliphatic rings. The number of Topliss-reactive ketones (excluding diaryl/α,β-unsaturated/α-hetero) is 1. The lowest BCUT2D eigenvalue weighted by molar-refractivity contribution is -0.233. The molecule has 236 valence electrons. The number of hydrogen-bond donors (Lipinski definition) is 1. The zero-order valence-electron chi connectivity index (χ0n) is 27.7. The summed E-state index contributed by atoms with van der Waals surface area (Å²) in [4.78, 5) is 40.3. The molecule has 1 amide bonds. The van der Waals surface area contributed by atoms with Crippen molar-refractivity contribution in [2.24, 2.45) is 56.7 Å². The van der Waals surface area contributed by atoms with Gasteiger partial charge in [-0.1, -0.05) is 46.8 Å². The van der Waals surface area contributed by atoms with Crippen LogP contribution in [0, 0.1) is 56.7 Å². The normalized spacial score (nSPS) is 44.6. The zero-order chi connectivity index (χ0) is 30.9. The number of nitrogens with one attached hydrogen (secondary N) is 1. The molecule has 0 spiro atoms. The third kappa shape index (κ3) is 4.41. The quantitative estimate of drug-likeness (QED) is 0.241. The van der Waals surface area contributed by atoms with Crippen LogP contribution >= 0.6 is 11.8 Å². The van der Waals surface area contributed by atoms with Gasteiger partial charge in [0.2, 0.25) is 5.91 Å². The van der Waals surface area contributed by atoms with E-state index in [1.807, 2.05) is 6.26 Å². The van der Waals surface area contributed by atoms with Gasteiger partial charge in [0.1, 0.15) is 11.8 Å². The van der Waals surface area contributed by atoms with E-state index < -0.39 is 11.5 Å². The van der Waals surface area contributed by atoms with Crippen LogP contribution in [0.2, 0.25) is 0 Å². The van der Waals surface area contributed by atoms with Gasteiger partial charge in [-0.3, -0.25) is 9.59 Å². The first-order chi connectivity index (χ1) is 19.6. The van der Waals surface area contributed by atoms with Gasteiger partial charge >= 0.3 is 5.97 Å². The predicted molar refractivity (Wildman–Crippen MR) is 171 cm³/mol. The lowest BCUT2D eigenvalue weighted by Gasteiger charge is -2.72. The van der Waals surface area contributed by atoms with Crippen LogP contribution in [-0.4, -0.2) is 42.8 Å². The van der Waals surface area contributed by atoms with Gasteiger partial charge in [-0.2, -0.15) is 11.8 Å². The Labute approximate surface area is 259 Å². The fraction of sp³-hybridized carbons (Fsp3) is 0.861. The first-order valence-electron chi connectivity index (χ1n) is 16.7. The number of carbonyl (C=O) groups excluding carboxylic acids is 3. The number of methoxy groups -OCH3 is 1. The number of hydrogen-bond acceptors (Lipinski definition) is 5. The van der Waals surface area contributed by atoms with Gasteiger partial charge in [0.15, 0.2) is 0 Å². The molecule has 0 aromatic carbocycles. The molecule has 5 fully saturated rings. The lowest BCUT2D eigenvalue weighted by atomic mass is 9.32. The number of rotatable bonds is 7. The fourth-order valence-corrected chi connectivity index (χ4v) is 12.7. The minimum atomic E-state index is -0.594. The van der Waals surface area contributed by atoms with E-state index in [2.05, 4.69) is 53.4 Å². The van der Waals surface area contributed by atoms with Crippen LogP contribution in [-0.2, 0) is 19.1 Å². The Bertz CT molecular complexity index is 1130. The molecule has 0 aromatic heterocycles. The molecule has 42 heavy (non-hydrogen) atoms. The van der Waals surface area contributed by atoms with E-state index in [-0.39, 0.29) is 39.5 Å². The molecule has 0 radical (unpaired) electrons. The van der Waals surface area contributed by atoms with Crippen molar-refractivity contribution in [3.63, 3.8) is 0 Å². The summed E-state index contributed by atoms with van der Waals surface area (Å²) < 4.78 is 5.12. The molecule has 0 aliphatic heterocycles.